The van der Waals surface area contributed by atoms with Gasteiger partial charge in [0.25, 0.3) is 0 Å². The lowest BCUT2D eigenvalue weighted by molar-refractivity contribution is 0.346. The molecule has 0 saturated carbocycles. The summed E-state index contributed by atoms with van der Waals surface area (Å²) in [7, 11) is -7.45. The number of benzene rings is 3. The molecule has 6 nitrogen and oxygen atoms in total. The Bertz CT molecular complexity index is 1270. The summed E-state index contributed by atoms with van der Waals surface area (Å²) in [5.74, 6) is 0. The van der Waals surface area contributed by atoms with Crippen LogP contribution in [-0.4, -0.2) is 34.2 Å². The summed E-state index contributed by atoms with van der Waals surface area (Å²) in [6.45, 7) is 0.900. The summed E-state index contributed by atoms with van der Waals surface area (Å²) in [6, 6.07) is 19.0. The van der Waals surface area contributed by atoms with E-state index in [0.29, 0.717) is 18.7 Å². The fourth-order valence-electron chi connectivity index (χ4n) is 3.74. The molecule has 1 fully saturated rings. The van der Waals surface area contributed by atoms with Crippen molar-refractivity contribution < 1.29 is 16.8 Å². The summed E-state index contributed by atoms with van der Waals surface area (Å²) in [6.07, 6.45) is 2.71. The first-order valence-electron chi connectivity index (χ1n) is 9.94. The van der Waals surface area contributed by atoms with Gasteiger partial charge in [-0.3, -0.25) is 0 Å². The second-order valence-electron chi connectivity index (χ2n) is 7.41. The minimum Gasteiger partial charge on any atom is -0.207 e. The van der Waals surface area contributed by atoms with Gasteiger partial charge in [0.1, 0.15) is 0 Å². The van der Waals surface area contributed by atoms with E-state index in [1.165, 1.54) is 4.31 Å². The second-order valence-corrected chi connectivity index (χ2v) is 11.1. The van der Waals surface area contributed by atoms with Gasteiger partial charge in [-0.15, -0.1) is 0 Å². The average molecular weight is 445 g/mol. The van der Waals surface area contributed by atoms with Crippen LogP contribution >= 0.6 is 0 Å². The monoisotopic (exact) mass is 444 g/mol. The van der Waals surface area contributed by atoms with Gasteiger partial charge in [0, 0.05) is 19.6 Å². The van der Waals surface area contributed by atoms with Gasteiger partial charge in [0.2, 0.25) is 20.0 Å². The molecule has 1 saturated heterocycles. The Hall–Kier alpha value is -2.26. The normalized spacial score (nSPS) is 16.0. The van der Waals surface area contributed by atoms with Crippen LogP contribution in [0.5, 0.6) is 0 Å². The predicted molar refractivity (Wildman–Crippen MR) is 117 cm³/mol. The van der Waals surface area contributed by atoms with Gasteiger partial charge in [-0.1, -0.05) is 55.0 Å². The lowest BCUT2D eigenvalue weighted by Crippen LogP contribution is -2.36. The Labute approximate surface area is 177 Å². The van der Waals surface area contributed by atoms with Crippen molar-refractivity contribution in [2.75, 3.05) is 13.1 Å². The molecule has 3 aromatic rings. The van der Waals surface area contributed by atoms with Crippen molar-refractivity contribution in [3.63, 3.8) is 0 Å². The number of sulfonamides is 2. The standard InChI is InChI=1S/C22H24N2O4S2/c25-29(26,21-13-12-18-8-2-3-9-19(18)16-21)23-17-20-10-4-5-11-22(20)30(27,28)24-14-6-1-7-15-24/h2-5,8-13,16,23H,1,6-7,14-15,17H2. The first-order valence-corrected chi connectivity index (χ1v) is 12.9. The Morgan fingerprint density at radius 1 is 0.767 bits per heavy atom. The molecule has 1 N–H and O–H groups in total. The van der Waals surface area contributed by atoms with Gasteiger partial charge < -0.3 is 0 Å². The van der Waals surface area contributed by atoms with Crippen LogP contribution in [0, 0.1) is 0 Å². The highest BCUT2D eigenvalue weighted by Crippen LogP contribution is 2.24. The van der Waals surface area contributed by atoms with E-state index in [2.05, 4.69) is 4.72 Å². The van der Waals surface area contributed by atoms with E-state index in [1.54, 1.807) is 42.5 Å². The van der Waals surface area contributed by atoms with E-state index in [1.807, 2.05) is 24.3 Å². The van der Waals surface area contributed by atoms with Crippen molar-refractivity contribution in [2.45, 2.75) is 35.6 Å². The third kappa shape index (κ3) is 4.27. The van der Waals surface area contributed by atoms with Gasteiger partial charge in [-0.05, 0) is 47.4 Å². The zero-order valence-electron chi connectivity index (χ0n) is 16.5. The third-order valence-corrected chi connectivity index (χ3v) is 8.79. The van der Waals surface area contributed by atoms with Crippen molar-refractivity contribution in [1.82, 2.24) is 9.03 Å². The molecule has 0 aliphatic carbocycles. The number of fused-ring (bicyclic) bond motifs is 1. The van der Waals surface area contributed by atoms with Crippen molar-refractivity contribution in [1.29, 1.82) is 0 Å². The fraction of sp³-hybridized carbons (Fsp3) is 0.273. The van der Waals surface area contributed by atoms with Gasteiger partial charge in [0.15, 0.2) is 0 Å². The average Bonchev–Trinajstić information content (AvgIpc) is 2.78. The maximum Gasteiger partial charge on any atom is 0.243 e. The summed E-state index contributed by atoms with van der Waals surface area (Å²) >= 11 is 0. The molecule has 158 valence electrons. The lowest BCUT2D eigenvalue weighted by atomic mass is 10.1. The van der Waals surface area contributed by atoms with E-state index >= 15 is 0 Å². The van der Waals surface area contributed by atoms with Crippen LogP contribution in [0.2, 0.25) is 0 Å². The van der Waals surface area contributed by atoms with E-state index in [0.717, 1.165) is 30.0 Å². The highest BCUT2D eigenvalue weighted by molar-refractivity contribution is 7.89. The molecular formula is C22H24N2O4S2. The SMILES string of the molecule is O=S(=O)(NCc1ccccc1S(=O)(=O)N1CCCCC1)c1ccc2ccccc2c1. The number of hydrogen-bond donors (Lipinski definition) is 1. The van der Waals surface area contributed by atoms with Crippen LogP contribution in [0.1, 0.15) is 24.8 Å². The second kappa shape index (κ2) is 8.47. The highest BCUT2D eigenvalue weighted by atomic mass is 32.2. The van der Waals surface area contributed by atoms with Crippen molar-refractivity contribution in [3.8, 4) is 0 Å². The minimum atomic E-state index is -3.80. The highest BCUT2D eigenvalue weighted by Gasteiger charge is 2.28. The fourth-order valence-corrected chi connectivity index (χ4v) is 6.52. The van der Waals surface area contributed by atoms with Gasteiger partial charge in [-0.2, -0.15) is 4.31 Å². The summed E-state index contributed by atoms with van der Waals surface area (Å²) in [5, 5.41) is 1.78. The molecule has 0 radical (unpaired) electrons. The van der Waals surface area contributed by atoms with Crippen LogP contribution in [0.15, 0.2) is 76.5 Å². The van der Waals surface area contributed by atoms with Gasteiger partial charge >= 0.3 is 0 Å². The maximum atomic E-state index is 13.1. The zero-order chi connectivity index (χ0) is 21.2. The summed E-state index contributed by atoms with van der Waals surface area (Å²) < 4.78 is 55.9. The van der Waals surface area contributed by atoms with Crippen molar-refractivity contribution in [2.24, 2.45) is 0 Å². The topological polar surface area (TPSA) is 83.5 Å². The Morgan fingerprint density at radius 3 is 2.20 bits per heavy atom. The van der Waals surface area contributed by atoms with Crippen molar-refractivity contribution >= 4 is 30.8 Å². The minimum absolute atomic E-state index is 0.0988. The lowest BCUT2D eigenvalue weighted by Gasteiger charge is -2.26. The molecule has 1 aliphatic rings. The third-order valence-electron chi connectivity index (χ3n) is 5.39. The summed E-state index contributed by atoms with van der Waals surface area (Å²) in [5.41, 5.74) is 0.437. The molecular weight excluding hydrogens is 420 g/mol. The Kier molecular flexibility index (Phi) is 5.92. The Balaban J connectivity index is 1.59. The van der Waals surface area contributed by atoms with E-state index < -0.39 is 20.0 Å². The Morgan fingerprint density at radius 2 is 1.43 bits per heavy atom. The first kappa shape index (κ1) is 21.0. The molecule has 1 aliphatic heterocycles. The molecule has 3 aromatic carbocycles. The number of piperidine rings is 1. The molecule has 0 bridgehead atoms. The number of hydrogen-bond acceptors (Lipinski definition) is 4. The number of nitrogens with zero attached hydrogens (tertiary/aromatic N) is 1. The predicted octanol–water partition coefficient (Wildman–Crippen LogP) is 3.49. The number of rotatable bonds is 6. The molecule has 4 rings (SSSR count). The van der Waals surface area contributed by atoms with Crippen molar-refractivity contribution in [3.05, 3.63) is 72.3 Å². The number of nitrogens with one attached hydrogen (secondary N) is 1. The van der Waals surface area contributed by atoms with Gasteiger partial charge in [-0.25, -0.2) is 21.6 Å². The van der Waals surface area contributed by atoms with Crippen LogP contribution in [0.4, 0.5) is 0 Å². The quantitative estimate of drug-likeness (QED) is 0.631. The van der Waals surface area contributed by atoms with E-state index in [9.17, 15) is 16.8 Å². The molecule has 0 unspecified atom stereocenters. The molecule has 1 heterocycles. The van der Waals surface area contributed by atoms with Gasteiger partial charge in [0.05, 0.1) is 9.79 Å². The summed E-state index contributed by atoms with van der Waals surface area (Å²) in [4.78, 5) is 0.311. The van der Waals surface area contributed by atoms with Crippen LogP contribution < -0.4 is 4.72 Å². The molecule has 0 atom stereocenters. The first-order chi connectivity index (χ1) is 14.4. The smallest absolute Gasteiger partial charge is 0.207 e. The largest absolute Gasteiger partial charge is 0.243 e. The van der Waals surface area contributed by atoms with Crippen LogP contribution in [0.25, 0.3) is 10.8 Å². The molecule has 8 heteroatoms. The van der Waals surface area contributed by atoms with E-state index in [-0.39, 0.29) is 16.3 Å². The maximum absolute atomic E-state index is 13.1. The zero-order valence-corrected chi connectivity index (χ0v) is 18.1. The molecule has 0 spiro atoms. The molecule has 30 heavy (non-hydrogen) atoms. The molecule has 0 amide bonds. The van der Waals surface area contributed by atoms with Crippen LogP contribution in [-0.2, 0) is 26.6 Å². The van der Waals surface area contributed by atoms with Crippen LogP contribution in [0.3, 0.4) is 0 Å². The van der Waals surface area contributed by atoms with E-state index in [4.69, 9.17) is 0 Å². The molecule has 0 aromatic heterocycles.